The van der Waals surface area contributed by atoms with Crippen LogP contribution in [-0.2, 0) is 9.53 Å². The van der Waals surface area contributed by atoms with Gasteiger partial charge in [0.2, 0.25) is 0 Å². The van der Waals surface area contributed by atoms with Crippen molar-refractivity contribution in [1.29, 1.82) is 0 Å². The molecule has 0 unspecified atom stereocenters. The normalized spacial score (nSPS) is 27.5. The summed E-state index contributed by atoms with van der Waals surface area (Å²) >= 11 is 0. The lowest BCUT2D eigenvalue weighted by molar-refractivity contribution is -0.138. The SMILES string of the molecule is C=C(C)[C@H]1C/C=C(/C(=O)OCC)CC/C=C(\C)CC/C=C(\C)CC1. The molecule has 0 radical (unpaired) electrons. The van der Waals surface area contributed by atoms with E-state index in [1.165, 1.54) is 16.7 Å². The Morgan fingerprint density at radius 3 is 2.38 bits per heavy atom. The summed E-state index contributed by atoms with van der Waals surface area (Å²) in [7, 11) is 0. The standard InChI is InChI=1S/C22H34O2/c1-6-24-22(23)21-12-8-11-18(4)9-7-10-19(5)13-14-20(15-16-21)17(2)3/h10-11,16,20H,2,6-9,12-15H2,1,3-5H3/b18-11+,19-10+,21-16+/t20-/m1/s1. The summed E-state index contributed by atoms with van der Waals surface area (Å²) < 4.78 is 5.23. The molecule has 0 saturated heterocycles. The van der Waals surface area contributed by atoms with Gasteiger partial charge in [0.25, 0.3) is 0 Å². The van der Waals surface area contributed by atoms with Gasteiger partial charge in [0, 0.05) is 5.57 Å². The first kappa shape index (κ1) is 20.5. The maximum absolute atomic E-state index is 12.2. The molecule has 0 spiro atoms. The molecule has 1 rings (SSSR count). The van der Waals surface area contributed by atoms with Crippen molar-refractivity contribution in [3.05, 3.63) is 47.1 Å². The van der Waals surface area contributed by atoms with E-state index < -0.39 is 0 Å². The molecule has 0 saturated carbocycles. The molecule has 0 heterocycles. The fraction of sp³-hybridized carbons (Fsp3) is 0.591. The summed E-state index contributed by atoms with van der Waals surface area (Å²) in [6.07, 6.45) is 13.7. The quantitative estimate of drug-likeness (QED) is 0.448. The zero-order chi connectivity index (χ0) is 17.9. The fourth-order valence-electron chi connectivity index (χ4n) is 2.99. The van der Waals surface area contributed by atoms with Gasteiger partial charge in [-0.1, -0.05) is 41.5 Å². The molecule has 0 aromatic carbocycles. The number of rotatable bonds is 3. The molecule has 0 fully saturated rings. The van der Waals surface area contributed by atoms with Crippen LogP contribution < -0.4 is 0 Å². The van der Waals surface area contributed by atoms with Crippen LogP contribution in [0.25, 0.3) is 0 Å². The summed E-state index contributed by atoms with van der Waals surface area (Å²) in [6.45, 7) is 12.9. The van der Waals surface area contributed by atoms with Crippen molar-refractivity contribution in [3.8, 4) is 0 Å². The lowest BCUT2D eigenvalue weighted by Gasteiger charge is -2.17. The van der Waals surface area contributed by atoms with Gasteiger partial charge in [-0.05, 0) is 78.6 Å². The maximum Gasteiger partial charge on any atom is 0.333 e. The Hall–Kier alpha value is -1.57. The number of ether oxygens (including phenoxy) is 1. The number of esters is 1. The van der Waals surface area contributed by atoms with E-state index in [-0.39, 0.29) is 5.97 Å². The second-order valence-corrected chi connectivity index (χ2v) is 6.95. The van der Waals surface area contributed by atoms with Crippen molar-refractivity contribution in [2.75, 3.05) is 6.61 Å². The van der Waals surface area contributed by atoms with Crippen LogP contribution in [0.15, 0.2) is 47.1 Å². The van der Waals surface area contributed by atoms with Gasteiger partial charge in [-0.3, -0.25) is 0 Å². The maximum atomic E-state index is 12.2. The molecular weight excluding hydrogens is 296 g/mol. The Morgan fingerprint density at radius 2 is 1.75 bits per heavy atom. The van der Waals surface area contributed by atoms with E-state index in [4.69, 9.17) is 4.74 Å². The average Bonchev–Trinajstić information content (AvgIpc) is 2.52. The van der Waals surface area contributed by atoms with Crippen LogP contribution >= 0.6 is 0 Å². The Balaban J connectivity index is 2.97. The molecule has 134 valence electrons. The Labute approximate surface area is 148 Å². The van der Waals surface area contributed by atoms with Crippen LogP contribution in [0.1, 0.15) is 72.6 Å². The van der Waals surface area contributed by atoms with Gasteiger partial charge in [0.1, 0.15) is 0 Å². The first-order valence-electron chi connectivity index (χ1n) is 9.26. The number of carbonyl (C=O) groups excluding carboxylic acids is 1. The van der Waals surface area contributed by atoms with Gasteiger partial charge in [-0.2, -0.15) is 0 Å². The van der Waals surface area contributed by atoms with Crippen molar-refractivity contribution in [2.45, 2.75) is 72.6 Å². The third kappa shape index (κ3) is 7.81. The van der Waals surface area contributed by atoms with Gasteiger partial charge < -0.3 is 4.74 Å². The van der Waals surface area contributed by atoms with Crippen LogP contribution in [0, 0.1) is 5.92 Å². The van der Waals surface area contributed by atoms with Crippen molar-refractivity contribution < 1.29 is 9.53 Å². The van der Waals surface area contributed by atoms with Gasteiger partial charge in [0.15, 0.2) is 0 Å². The minimum Gasteiger partial charge on any atom is -0.463 e. The molecule has 24 heavy (non-hydrogen) atoms. The smallest absolute Gasteiger partial charge is 0.333 e. The van der Waals surface area contributed by atoms with Crippen molar-refractivity contribution in [2.24, 2.45) is 5.92 Å². The van der Waals surface area contributed by atoms with E-state index in [2.05, 4.69) is 45.6 Å². The lowest BCUT2D eigenvalue weighted by Crippen LogP contribution is -2.09. The highest BCUT2D eigenvalue weighted by atomic mass is 16.5. The first-order valence-corrected chi connectivity index (χ1v) is 9.26. The molecule has 0 aliphatic heterocycles. The molecule has 1 aliphatic carbocycles. The third-order valence-electron chi connectivity index (χ3n) is 4.71. The Morgan fingerprint density at radius 1 is 1.12 bits per heavy atom. The molecule has 0 bridgehead atoms. The Bertz CT molecular complexity index is 520. The van der Waals surface area contributed by atoms with Crippen LogP contribution in [0.5, 0.6) is 0 Å². The molecule has 0 aromatic rings. The van der Waals surface area contributed by atoms with Crippen molar-refractivity contribution in [3.63, 3.8) is 0 Å². The fourth-order valence-corrected chi connectivity index (χ4v) is 2.99. The molecule has 1 aliphatic rings. The summed E-state index contributed by atoms with van der Waals surface area (Å²) in [5.74, 6) is 0.269. The molecular formula is C22H34O2. The average molecular weight is 331 g/mol. The lowest BCUT2D eigenvalue weighted by atomic mass is 9.89. The monoisotopic (exact) mass is 330 g/mol. The van der Waals surface area contributed by atoms with Crippen molar-refractivity contribution in [1.82, 2.24) is 0 Å². The van der Waals surface area contributed by atoms with E-state index >= 15 is 0 Å². The van der Waals surface area contributed by atoms with E-state index in [1.54, 1.807) is 0 Å². The minimum absolute atomic E-state index is 0.160. The first-order chi connectivity index (χ1) is 11.4. The number of carbonyl (C=O) groups is 1. The van der Waals surface area contributed by atoms with E-state index in [9.17, 15) is 4.79 Å². The van der Waals surface area contributed by atoms with Crippen LogP contribution in [-0.4, -0.2) is 12.6 Å². The highest BCUT2D eigenvalue weighted by Gasteiger charge is 2.13. The molecule has 0 aromatic heterocycles. The summed E-state index contributed by atoms with van der Waals surface area (Å²) in [5.41, 5.74) is 4.88. The zero-order valence-electron chi connectivity index (χ0n) is 16.0. The molecule has 0 amide bonds. The predicted molar refractivity (Wildman–Crippen MR) is 103 cm³/mol. The van der Waals surface area contributed by atoms with E-state index in [0.29, 0.717) is 12.5 Å². The van der Waals surface area contributed by atoms with E-state index in [1.807, 2.05) is 6.92 Å². The number of hydrogen-bond donors (Lipinski definition) is 0. The topological polar surface area (TPSA) is 26.3 Å². The van der Waals surface area contributed by atoms with Crippen LogP contribution in [0.3, 0.4) is 0 Å². The van der Waals surface area contributed by atoms with Gasteiger partial charge >= 0.3 is 5.97 Å². The second-order valence-electron chi connectivity index (χ2n) is 6.95. The highest BCUT2D eigenvalue weighted by Crippen LogP contribution is 2.25. The Kier molecular flexibility index (Phi) is 9.44. The summed E-state index contributed by atoms with van der Waals surface area (Å²) in [4.78, 5) is 12.2. The van der Waals surface area contributed by atoms with Crippen LogP contribution in [0.2, 0.25) is 0 Å². The van der Waals surface area contributed by atoms with Gasteiger partial charge in [0.05, 0.1) is 6.61 Å². The summed E-state index contributed by atoms with van der Waals surface area (Å²) in [5, 5.41) is 0. The third-order valence-corrected chi connectivity index (χ3v) is 4.71. The molecule has 2 heteroatoms. The largest absolute Gasteiger partial charge is 0.463 e. The molecule has 2 nitrogen and oxygen atoms in total. The zero-order valence-corrected chi connectivity index (χ0v) is 16.0. The molecule has 1 atom stereocenters. The van der Waals surface area contributed by atoms with Crippen molar-refractivity contribution >= 4 is 5.97 Å². The summed E-state index contributed by atoms with van der Waals surface area (Å²) in [6, 6.07) is 0. The second kappa shape index (κ2) is 11.1. The minimum atomic E-state index is -0.160. The number of allylic oxidation sites excluding steroid dienone is 6. The predicted octanol–water partition coefficient (Wildman–Crippen LogP) is 6.31. The number of hydrogen-bond acceptors (Lipinski definition) is 2. The molecule has 0 N–H and O–H groups in total. The van der Waals surface area contributed by atoms with E-state index in [0.717, 1.165) is 50.5 Å². The van der Waals surface area contributed by atoms with Crippen LogP contribution in [0.4, 0.5) is 0 Å². The van der Waals surface area contributed by atoms with Gasteiger partial charge in [-0.25, -0.2) is 4.79 Å². The van der Waals surface area contributed by atoms with Gasteiger partial charge in [-0.15, -0.1) is 0 Å². The highest BCUT2D eigenvalue weighted by molar-refractivity contribution is 5.88.